The zero-order chi connectivity index (χ0) is 22.5. The molecule has 3 aromatic rings. The van der Waals surface area contributed by atoms with E-state index in [1.54, 1.807) is 11.3 Å². The van der Waals surface area contributed by atoms with Gasteiger partial charge in [0.2, 0.25) is 0 Å². The Balaban J connectivity index is 1.87. The van der Waals surface area contributed by atoms with E-state index in [4.69, 9.17) is 9.84 Å². The highest BCUT2D eigenvalue weighted by Crippen LogP contribution is 2.38. The largest absolute Gasteiger partial charge is 0.489 e. The zero-order valence-electron chi connectivity index (χ0n) is 18.5. The average molecular weight is 441 g/mol. The molecule has 1 heterocycles. The fourth-order valence-corrected chi connectivity index (χ4v) is 4.92. The molecule has 164 valence electrons. The summed E-state index contributed by atoms with van der Waals surface area (Å²) in [5.74, 6) is -0.0547. The van der Waals surface area contributed by atoms with E-state index in [2.05, 4.69) is 31.2 Å². The summed E-state index contributed by atoms with van der Waals surface area (Å²) < 4.78 is 20.0. The number of aryl methyl sites for hydroxylation is 3. The Morgan fingerprint density at radius 3 is 2.35 bits per heavy atom. The molecule has 31 heavy (non-hydrogen) atoms. The molecule has 5 heteroatoms. The number of hydrogen-bond acceptors (Lipinski definition) is 3. The van der Waals surface area contributed by atoms with E-state index in [9.17, 15) is 9.18 Å². The molecule has 0 unspecified atom stereocenters. The molecule has 0 saturated carbocycles. The number of rotatable bonds is 9. The van der Waals surface area contributed by atoms with Crippen molar-refractivity contribution < 1.29 is 19.0 Å². The van der Waals surface area contributed by atoms with Gasteiger partial charge in [-0.1, -0.05) is 37.3 Å². The maximum absolute atomic E-state index is 13.9. The molecule has 0 aliphatic heterocycles. The summed E-state index contributed by atoms with van der Waals surface area (Å²) in [7, 11) is 0. The lowest BCUT2D eigenvalue weighted by atomic mass is 9.99. The minimum Gasteiger partial charge on any atom is -0.489 e. The topological polar surface area (TPSA) is 46.5 Å². The van der Waals surface area contributed by atoms with Crippen molar-refractivity contribution in [3.63, 3.8) is 0 Å². The van der Waals surface area contributed by atoms with Crippen molar-refractivity contribution in [3.8, 4) is 16.2 Å². The number of ether oxygens (including phenoxy) is 1. The van der Waals surface area contributed by atoms with Crippen LogP contribution >= 0.6 is 11.3 Å². The number of aliphatic carboxylic acids is 1. The van der Waals surface area contributed by atoms with Crippen molar-refractivity contribution in [2.24, 2.45) is 0 Å². The smallest absolute Gasteiger partial charge is 0.303 e. The monoisotopic (exact) mass is 440 g/mol. The molecule has 0 radical (unpaired) electrons. The Hall–Kier alpha value is -2.66. The van der Waals surface area contributed by atoms with Gasteiger partial charge in [-0.3, -0.25) is 4.79 Å². The Kier molecular flexibility index (Phi) is 7.50. The minimum absolute atomic E-state index is 0.106. The van der Waals surface area contributed by atoms with Crippen LogP contribution < -0.4 is 4.74 Å². The van der Waals surface area contributed by atoms with Crippen LogP contribution in [0.25, 0.3) is 10.4 Å². The van der Waals surface area contributed by atoms with Crippen LogP contribution in [0.15, 0.2) is 36.4 Å². The predicted molar refractivity (Wildman–Crippen MR) is 125 cm³/mol. The number of thiophene rings is 1. The van der Waals surface area contributed by atoms with Gasteiger partial charge in [-0.05, 0) is 67.5 Å². The summed E-state index contributed by atoms with van der Waals surface area (Å²) in [6, 6.07) is 12.3. The lowest BCUT2D eigenvalue weighted by Crippen LogP contribution is -2.04. The maximum atomic E-state index is 13.9. The Morgan fingerprint density at radius 1 is 1.03 bits per heavy atom. The normalized spacial score (nSPS) is 11.0. The van der Waals surface area contributed by atoms with Gasteiger partial charge in [0.1, 0.15) is 19.0 Å². The van der Waals surface area contributed by atoms with E-state index in [-0.39, 0.29) is 6.42 Å². The molecule has 2 aromatic carbocycles. The van der Waals surface area contributed by atoms with Crippen LogP contribution in [-0.4, -0.2) is 11.1 Å². The van der Waals surface area contributed by atoms with Crippen LogP contribution in [0.5, 0.6) is 5.75 Å². The van der Waals surface area contributed by atoms with Crippen LogP contribution in [0.3, 0.4) is 0 Å². The van der Waals surface area contributed by atoms with Gasteiger partial charge in [0.15, 0.2) is 0 Å². The van der Waals surface area contributed by atoms with Crippen molar-refractivity contribution in [2.75, 3.05) is 0 Å². The Bertz CT molecular complexity index is 1070. The second kappa shape index (κ2) is 10.1. The molecule has 0 bridgehead atoms. The first kappa shape index (κ1) is 23.0. The molecule has 1 aromatic heterocycles. The number of hydrogen-bond donors (Lipinski definition) is 1. The van der Waals surface area contributed by atoms with Crippen LogP contribution in [0.4, 0.5) is 4.39 Å². The van der Waals surface area contributed by atoms with Crippen molar-refractivity contribution in [1.82, 2.24) is 0 Å². The second-order valence-electron chi connectivity index (χ2n) is 7.78. The predicted octanol–water partition coefficient (Wildman–Crippen LogP) is 6.97. The maximum Gasteiger partial charge on any atom is 0.303 e. The van der Waals surface area contributed by atoms with Crippen molar-refractivity contribution in [2.45, 2.75) is 60.2 Å². The Morgan fingerprint density at radius 2 is 1.74 bits per heavy atom. The summed E-state index contributed by atoms with van der Waals surface area (Å²) in [6.45, 7) is 7.83. The minimum atomic E-state index is -0.802. The zero-order valence-corrected chi connectivity index (χ0v) is 19.4. The van der Waals surface area contributed by atoms with Crippen molar-refractivity contribution >= 4 is 17.3 Å². The van der Waals surface area contributed by atoms with Crippen LogP contribution in [0.2, 0.25) is 0 Å². The summed E-state index contributed by atoms with van der Waals surface area (Å²) in [6.07, 6.45) is 1.58. The van der Waals surface area contributed by atoms with E-state index >= 15 is 0 Å². The Labute approximate surface area is 187 Å². The van der Waals surface area contributed by atoms with Gasteiger partial charge in [0.05, 0.1) is 0 Å². The lowest BCUT2D eigenvalue weighted by molar-refractivity contribution is -0.136. The van der Waals surface area contributed by atoms with Gasteiger partial charge in [0.25, 0.3) is 0 Å². The standard InChI is InChI=1S/C26H29FO3S/c1-5-19-6-8-21(9-7-19)26-23(22(14-27)18(4)31-26)15-30-24-12-10-20(11-13-25(28)29)16(2)17(24)3/h6-10,12H,5,11,13-15H2,1-4H3,(H,28,29). The average Bonchev–Trinajstić information content (AvgIpc) is 3.09. The van der Waals surface area contributed by atoms with E-state index in [0.29, 0.717) is 18.6 Å². The van der Waals surface area contributed by atoms with Crippen molar-refractivity contribution in [1.29, 1.82) is 0 Å². The lowest BCUT2D eigenvalue weighted by Gasteiger charge is -2.15. The highest BCUT2D eigenvalue weighted by molar-refractivity contribution is 7.15. The number of carboxylic acid groups (broad SMARTS) is 1. The number of benzene rings is 2. The first-order chi connectivity index (χ1) is 14.8. The number of carbonyl (C=O) groups is 1. The quantitative estimate of drug-likeness (QED) is 0.391. The molecule has 0 aliphatic carbocycles. The van der Waals surface area contributed by atoms with Gasteiger partial charge in [-0.15, -0.1) is 11.3 Å². The molecule has 3 nitrogen and oxygen atoms in total. The van der Waals surface area contributed by atoms with Gasteiger partial charge < -0.3 is 9.84 Å². The van der Waals surface area contributed by atoms with Crippen LogP contribution in [-0.2, 0) is 30.9 Å². The first-order valence-electron chi connectivity index (χ1n) is 10.6. The molecule has 0 fully saturated rings. The van der Waals surface area contributed by atoms with Crippen LogP contribution in [0.1, 0.15) is 51.6 Å². The highest BCUT2D eigenvalue weighted by Gasteiger charge is 2.18. The third kappa shape index (κ3) is 5.16. The number of halogens is 1. The SMILES string of the molecule is CCc1ccc(-c2sc(C)c(CF)c2COc2ccc(CCC(=O)O)c(C)c2C)cc1. The molecule has 1 N–H and O–H groups in total. The fraction of sp³-hybridized carbons (Fsp3) is 0.346. The molecule has 0 aliphatic rings. The third-order valence-corrected chi connectivity index (χ3v) is 7.15. The molecular formula is C26H29FO3S. The summed E-state index contributed by atoms with van der Waals surface area (Å²) in [4.78, 5) is 12.9. The highest BCUT2D eigenvalue weighted by atomic mass is 32.1. The summed E-state index contributed by atoms with van der Waals surface area (Å²) >= 11 is 1.61. The van der Waals surface area contributed by atoms with E-state index in [1.807, 2.05) is 32.9 Å². The first-order valence-corrected chi connectivity index (χ1v) is 11.4. The molecular weight excluding hydrogens is 411 g/mol. The summed E-state index contributed by atoms with van der Waals surface area (Å²) in [5, 5.41) is 8.95. The van der Waals surface area contributed by atoms with Crippen molar-refractivity contribution in [3.05, 3.63) is 74.7 Å². The van der Waals surface area contributed by atoms with E-state index < -0.39 is 12.6 Å². The van der Waals surface area contributed by atoms with Gasteiger partial charge in [-0.2, -0.15) is 0 Å². The second-order valence-corrected chi connectivity index (χ2v) is 9.01. The molecule has 0 amide bonds. The molecule has 0 saturated heterocycles. The van der Waals surface area contributed by atoms with E-state index in [1.165, 1.54) is 5.56 Å². The number of alkyl halides is 1. The third-order valence-electron chi connectivity index (χ3n) is 5.91. The van der Waals surface area contributed by atoms with Gasteiger partial charge >= 0.3 is 5.97 Å². The number of carboxylic acids is 1. The molecule has 3 rings (SSSR count). The van der Waals surface area contributed by atoms with Gasteiger partial charge in [0, 0.05) is 27.3 Å². The molecule has 0 spiro atoms. The summed E-state index contributed by atoms with van der Waals surface area (Å²) in [5.41, 5.74) is 7.02. The van der Waals surface area contributed by atoms with Crippen LogP contribution in [0, 0.1) is 20.8 Å². The molecule has 0 atom stereocenters. The van der Waals surface area contributed by atoms with Gasteiger partial charge in [-0.25, -0.2) is 4.39 Å². The fourth-order valence-electron chi connectivity index (χ4n) is 3.75. The van der Waals surface area contributed by atoms with E-state index in [0.717, 1.165) is 49.7 Å².